The van der Waals surface area contributed by atoms with Gasteiger partial charge in [-0.1, -0.05) is 0 Å². The Kier molecular flexibility index (Phi) is 4.37. The molecule has 0 saturated heterocycles. The molecule has 0 aliphatic rings. The SMILES string of the molecule is COc1ccc(C(=O)Cn2cc(C)c([N+](=O)[O-])n2)cc1Br. The molecule has 0 bridgehead atoms. The second kappa shape index (κ2) is 6.04. The molecule has 0 atom stereocenters. The summed E-state index contributed by atoms with van der Waals surface area (Å²) in [6, 6.07) is 4.96. The number of hydrogen-bond acceptors (Lipinski definition) is 5. The average molecular weight is 354 g/mol. The van der Waals surface area contributed by atoms with E-state index in [4.69, 9.17) is 4.74 Å². The smallest absolute Gasteiger partial charge is 0.392 e. The topological polar surface area (TPSA) is 87.3 Å². The van der Waals surface area contributed by atoms with Crippen molar-refractivity contribution in [2.24, 2.45) is 0 Å². The maximum Gasteiger partial charge on any atom is 0.392 e. The number of benzene rings is 1. The van der Waals surface area contributed by atoms with Crippen LogP contribution in [0.5, 0.6) is 5.75 Å². The summed E-state index contributed by atoms with van der Waals surface area (Å²) in [5, 5.41) is 14.5. The molecule has 0 N–H and O–H groups in total. The highest BCUT2D eigenvalue weighted by atomic mass is 79.9. The zero-order chi connectivity index (χ0) is 15.6. The van der Waals surface area contributed by atoms with E-state index in [0.29, 0.717) is 21.3 Å². The van der Waals surface area contributed by atoms with Crippen LogP contribution in [0.1, 0.15) is 15.9 Å². The fourth-order valence-corrected chi connectivity index (χ4v) is 2.39. The summed E-state index contributed by atoms with van der Waals surface area (Å²) in [7, 11) is 1.53. The van der Waals surface area contributed by atoms with Gasteiger partial charge in [0.05, 0.1) is 28.4 Å². The second-order valence-corrected chi connectivity index (χ2v) is 5.22. The number of rotatable bonds is 5. The molecule has 0 spiro atoms. The van der Waals surface area contributed by atoms with Gasteiger partial charge in [0.25, 0.3) is 0 Å². The molecule has 21 heavy (non-hydrogen) atoms. The summed E-state index contributed by atoms with van der Waals surface area (Å²) < 4.78 is 7.03. The van der Waals surface area contributed by atoms with Gasteiger partial charge in [0.15, 0.2) is 5.78 Å². The first-order valence-corrected chi connectivity index (χ1v) is 6.77. The van der Waals surface area contributed by atoms with E-state index in [9.17, 15) is 14.9 Å². The van der Waals surface area contributed by atoms with Gasteiger partial charge in [-0.25, -0.2) is 0 Å². The van der Waals surface area contributed by atoms with Gasteiger partial charge in [-0.15, -0.1) is 0 Å². The van der Waals surface area contributed by atoms with Gasteiger partial charge in [0, 0.05) is 5.56 Å². The fourth-order valence-electron chi connectivity index (χ4n) is 1.85. The molecule has 0 aliphatic carbocycles. The largest absolute Gasteiger partial charge is 0.496 e. The summed E-state index contributed by atoms with van der Waals surface area (Å²) in [6.45, 7) is 1.52. The maximum absolute atomic E-state index is 12.2. The Morgan fingerprint density at radius 1 is 1.52 bits per heavy atom. The number of methoxy groups -OCH3 is 1. The Labute approximate surface area is 128 Å². The van der Waals surface area contributed by atoms with Crippen molar-refractivity contribution in [3.63, 3.8) is 0 Å². The van der Waals surface area contributed by atoms with Crippen LogP contribution in [0.15, 0.2) is 28.9 Å². The van der Waals surface area contributed by atoms with E-state index in [1.54, 1.807) is 25.1 Å². The van der Waals surface area contributed by atoms with Crippen molar-refractivity contribution in [2.45, 2.75) is 13.5 Å². The Hall–Kier alpha value is -2.22. The third-order valence-corrected chi connectivity index (χ3v) is 3.49. The van der Waals surface area contributed by atoms with Crippen LogP contribution in [0.2, 0.25) is 0 Å². The quantitative estimate of drug-likeness (QED) is 0.468. The lowest BCUT2D eigenvalue weighted by Gasteiger charge is -2.05. The van der Waals surface area contributed by atoms with E-state index in [2.05, 4.69) is 21.0 Å². The lowest BCUT2D eigenvalue weighted by atomic mass is 10.1. The number of halogens is 1. The number of carbonyl (C=O) groups is 1. The van der Waals surface area contributed by atoms with E-state index >= 15 is 0 Å². The van der Waals surface area contributed by atoms with Crippen LogP contribution >= 0.6 is 15.9 Å². The van der Waals surface area contributed by atoms with E-state index in [-0.39, 0.29) is 18.1 Å². The van der Waals surface area contributed by atoms with Gasteiger partial charge < -0.3 is 14.9 Å². The number of ether oxygens (including phenoxy) is 1. The van der Waals surface area contributed by atoms with Gasteiger partial charge >= 0.3 is 5.82 Å². The number of aromatic nitrogens is 2. The minimum absolute atomic E-state index is 0.0621. The first-order valence-electron chi connectivity index (χ1n) is 5.97. The van der Waals surface area contributed by atoms with Crippen LogP contribution in [-0.4, -0.2) is 27.6 Å². The van der Waals surface area contributed by atoms with Crippen LogP contribution in [0.25, 0.3) is 0 Å². The van der Waals surface area contributed by atoms with Crippen molar-refractivity contribution in [2.75, 3.05) is 7.11 Å². The van der Waals surface area contributed by atoms with Crippen LogP contribution < -0.4 is 4.74 Å². The van der Waals surface area contributed by atoms with Gasteiger partial charge in [0.1, 0.15) is 12.3 Å². The molecule has 0 unspecified atom stereocenters. The molecule has 2 aromatic rings. The lowest BCUT2D eigenvalue weighted by molar-refractivity contribution is -0.390. The molecule has 0 amide bonds. The molecular weight excluding hydrogens is 342 g/mol. The van der Waals surface area contributed by atoms with Crippen molar-refractivity contribution in [1.29, 1.82) is 0 Å². The molecule has 8 heteroatoms. The van der Waals surface area contributed by atoms with Crippen molar-refractivity contribution in [1.82, 2.24) is 9.78 Å². The first kappa shape index (κ1) is 15.2. The Morgan fingerprint density at radius 2 is 2.24 bits per heavy atom. The van der Waals surface area contributed by atoms with Gasteiger partial charge in [0.2, 0.25) is 0 Å². The number of carbonyl (C=O) groups excluding carboxylic acids is 1. The van der Waals surface area contributed by atoms with Crippen LogP contribution in [0, 0.1) is 17.0 Å². The van der Waals surface area contributed by atoms with E-state index in [1.165, 1.54) is 18.0 Å². The molecule has 1 aromatic heterocycles. The Balaban J connectivity index is 2.20. The summed E-state index contributed by atoms with van der Waals surface area (Å²) >= 11 is 3.31. The minimum atomic E-state index is -0.569. The van der Waals surface area contributed by atoms with Crippen molar-refractivity contribution >= 4 is 27.5 Å². The molecule has 0 fully saturated rings. The zero-order valence-corrected chi connectivity index (χ0v) is 13.0. The highest BCUT2D eigenvalue weighted by molar-refractivity contribution is 9.10. The minimum Gasteiger partial charge on any atom is -0.496 e. The second-order valence-electron chi connectivity index (χ2n) is 4.36. The van der Waals surface area contributed by atoms with E-state index < -0.39 is 4.92 Å². The van der Waals surface area contributed by atoms with Crippen molar-refractivity contribution in [3.8, 4) is 5.75 Å². The van der Waals surface area contributed by atoms with Crippen LogP contribution in [-0.2, 0) is 6.54 Å². The number of aryl methyl sites for hydroxylation is 1. The predicted molar refractivity (Wildman–Crippen MR) is 78.6 cm³/mol. The molecule has 1 aromatic carbocycles. The lowest BCUT2D eigenvalue weighted by Crippen LogP contribution is -2.11. The molecule has 2 rings (SSSR count). The zero-order valence-electron chi connectivity index (χ0n) is 11.4. The standard InChI is InChI=1S/C13H12BrN3O4/c1-8-6-16(15-13(8)17(19)20)7-11(18)9-3-4-12(21-2)10(14)5-9/h3-6H,7H2,1-2H3. The van der Waals surface area contributed by atoms with Gasteiger partial charge in [-0.05, 0) is 46.0 Å². The Bertz CT molecular complexity index is 711. The first-order chi connectivity index (χ1) is 9.92. The molecule has 7 nitrogen and oxygen atoms in total. The summed E-state index contributed by atoms with van der Waals surface area (Å²) in [5.74, 6) is 0.187. The van der Waals surface area contributed by atoms with Crippen molar-refractivity contribution in [3.05, 3.63) is 50.1 Å². The number of hydrogen-bond donors (Lipinski definition) is 0. The van der Waals surface area contributed by atoms with Crippen molar-refractivity contribution < 1.29 is 14.5 Å². The molecule has 110 valence electrons. The summed E-state index contributed by atoms with van der Waals surface area (Å²) in [4.78, 5) is 22.3. The fraction of sp³-hybridized carbons (Fsp3) is 0.231. The number of ketones is 1. The monoisotopic (exact) mass is 353 g/mol. The number of Topliss-reactive ketones (excluding diaryl/α,β-unsaturated/α-hetero) is 1. The normalized spacial score (nSPS) is 10.4. The molecule has 0 radical (unpaired) electrons. The number of nitrogens with zero attached hydrogens (tertiary/aromatic N) is 3. The van der Waals surface area contributed by atoms with Gasteiger partial charge in [-0.3, -0.25) is 4.79 Å². The third kappa shape index (κ3) is 3.27. The van der Waals surface area contributed by atoms with E-state index in [1.807, 2.05) is 0 Å². The van der Waals surface area contributed by atoms with E-state index in [0.717, 1.165) is 0 Å². The number of nitro groups is 1. The predicted octanol–water partition coefficient (Wildman–Crippen LogP) is 2.75. The van der Waals surface area contributed by atoms with Gasteiger partial charge in [-0.2, -0.15) is 4.68 Å². The molecular formula is C13H12BrN3O4. The molecule has 0 saturated carbocycles. The van der Waals surface area contributed by atoms with Crippen LogP contribution in [0.4, 0.5) is 5.82 Å². The van der Waals surface area contributed by atoms with Crippen LogP contribution in [0.3, 0.4) is 0 Å². The summed E-state index contributed by atoms with van der Waals surface area (Å²) in [5.41, 5.74) is 0.891. The molecule has 0 aliphatic heterocycles. The Morgan fingerprint density at radius 3 is 2.76 bits per heavy atom. The highest BCUT2D eigenvalue weighted by Crippen LogP contribution is 2.26. The average Bonchev–Trinajstić information content (AvgIpc) is 2.79. The third-order valence-electron chi connectivity index (χ3n) is 2.87. The summed E-state index contributed by atoms with van der Waals surface area (Å²) in [6.07, 6.45) is 1.48. The molecule has 1 heterocycles. The highest BCUT2D eigenvalue weighted by Gasteiger charge is 2.19. The maximum atomic E-state index is 12.2.